The van der Waals surface area contributed by atoms with Gasteiger partial charge in [-0.05, 0) is 37.3 Å². The van der Waals surface area contributed by atoms with Gasteiger partial charge in [0.2, 0.25) is 0 Å². The molecule has 2 N–H and O–H groups in total. The highest BCUT2D eigenvalue weighted by molar-refractivity contribution is 5.97. The Labute approximate surface area is 151 Å². The van der Waals surface area contributed by atoms with E-state index in [9.17, 15) is 14.7 Å². The predicted octanol–water partition coefficient (Wildman–Crippen LogP) is 3.16. The van der Waals surface area contributed by atoms with Crippen molar-refractivity contribution in [3.8, 4) is 0 Å². The second kappa shape index (κ2) is 6.59. The van der Waals surface area contributed by atoms with E-state index in [4.69, 9.17) is 4.52 Å². The number of nitrogens with zero attached hydrogens (tertiary/aromatic N) is 1. The largest absolute Gasteiger partial charge is 0.481 e. The number of carboxylic acid groups (broad SMARTS) is 1. The third kappa shape index (κ3) is 2.79. The van der Waals surface area contributed by atoms with Crippen LogP contribution in [0.2, 0.25) is 0 Å². The van der Waals surface area contributed by atoms with Gasteiger partial charge in [-0.25, -0.2) is 0 Å². The first-order valence-electron chi connectivity index (χ1n) is 9.14. The number of carboxylic acids is 1. The molecule has 0 radical (unpaired) electrons. The summed E-state index contributed by atoms with van der Waals surface area (Å²) in [5.41, 5.74) is 2.96. The van der Waals surface area contributed by atoms with E-state index in [1.54, 1.807) is 6.92 Å². The number of carbonyl (C=O) groups is 2. The van der Waals surface area contributed by atoms with Crippen molar-refractivity contribution in [2.45, 2.75) is 56.9 Å². The van der Waals surface area contributed by atoms with Crippen molar-refractivity contribution in [2.75, 3.05) is 0 Å². The fraction of sp³-hybridized carbons (Fsp3) is 0.450. The smallest absolute Gasteiger partial charge is 0.313 e. The molecule has 6 heteroatoms. The second-order valence-corrected chi connectivity index (χ2v) is 7.28. The molecule has 1 aromatic heterocycles. The van der Waals surface area contributed by atoms with Crippen molar-refractivity contribution >= 4 is 11.9 Å². The molecule has 1 heterocycles. The van der Waals surface area contributed by atoms with Gasteiger partial charge in [-0.15, -0.1) is 0 Å². The number of carbonyl (C=O) groups excluding carboxylic acids is 1. The van der Waals surface area contributed by atoms with E-state index in [0.29, 0.717) is 17.7 Å². The van der Waals surface area contributed by atoms with Crippen molar-refractivity contribution in [1.29, 1.82) is 0 Å². The normalized spacial score (nSPS) is 22.3. The van der Waals surface area contributed by atoms with Crippen molar-refractivity contribution in [1.82, 2.24) is 10.5 Å². The predicted molar refractivity (Wildman–Crippen MR) is 94.2 cm³/mol. The molecule has 0 aliphatic heterocycles. The number of amides is 1. The topological polar surface area (TPSA) is 92.4 Å². The van der Waals surface area contributed by atoms with Crippen molar-refractivity contribution in [2.24, 2.45) is 0 Å². The third-order valence-electron chi connectivity index (χ3n) is 5.67. The number of fused-ring (bicyclic) bond motifs is 1. The van der Waals surface area contributed by atoms with E-state index >= 15 is 0 Å². The molecule has 2 aromatic rings. The van der Waals surface area contributed by atoms with Crippen LogP contribution in [0, 0.1) is 6.92 Å². The van der Waals surface area contributed by atoms with Gasteiger partial charge in [0.15, 0.2) is 0 Å². The second-order valence-electron chi connectivity index (χ2n) is 7.28. The average Bonchev–Trinajstić information content (AvgIpc) is 3.31. The van der Waals surface area contributed by atoms with Crippen molar-refractivity contribution in [3.63, 3.8) is 0 Å². The first kappa shape index (κ1) is 16.8. The summed E-state index contributed by atoms with van der Waals surface area (Å²) in [5.74, 6) is -1.19. The molecule has 4 rings (SSSR count). The number of aryl methyl sites for hydroxylation is 1. The Kier molecular flexibility index (Phi) is 4.26. The Bertz CT molecular complexity index is 851. The number of rotatable bonds is 4. The molecule has 136 valence electrons. The van der Waals surface area contributed by atoms with Gasteiger partial charge >= 0.3 is 5.97 Å². The van der Waals surface area contributed by atoms with Gasteiger partial charge in [-0.1, -0.05) is 42.3 Å². The minimum Gasteiger partial charge on any atom is -0.481 e. The van der Waals surface area contributed by atoms with Crippen LogP contribution >= 0.6 is 0 Å². The maximum absolute atomic E-state index is 13.0. The molecule has 1 amide bonds. The Morgan fingerprint density at radius 3 is 2.69 bits per heavy atom. The van der Waals surface area contributed by atoms with Crippen LogP contribution in [0.5, 0.6) is 0 Å². The quantitative estimate of drug-likeness (QED) is 0.880. The number of benzene rings is 1. The van der Waals surface area contributed by atoms with Crippen LogP contribution in [-0.2, 0) is 11.2 Å². The summed E-state index contributed by atoms with van der Waals surface area (Å²) in [6.07, 6.45) is 4.81. The van der Waals surface area contributed by atoms with Gasteiger partial charge < -0.3 is 14.9 Å². The van der Waals surface area contributed by atoms with Crippen LogP contribution in [0.15, 0.2) is 28.8 Å². The highest BCUT2D eigenvalue weighted by atomic mass is 16.5. The molecule has 2 aliphatic carbocycles. The number of hydrogen-bond acceptors (Lipinski definition) is 4. The standard InChI is InChI=1S/C20H22N2O4/c1-11-16(18(22-26-11)12-6-2-3-7-12)19(23)21-15-10-13-8-4-5-9-14(13)17(15)20(24)25/h4-5,8-9,12,15,17H,2-3,6-7,10H2,1H3,(H,21,23)(H,24,25). The lowest BCUT2D eigenvalue weighted by Crippen LogP contribution is -2.40. The molecule has 0 bridgehead atoms. The van der Waals surface area contributed by atoms with Crippen LogP contribution in [0.3, 0.4) is 0 Å². The fourth-order valence-electron chi connectivity index (χ4n) is 4.42. The van der Waals surface area contributed by atoms with Crippen LogP contribution in [0.1, 0.15) is 70.5 Å². The first-order chi connectivity index (χ1) is 12.6. The van der Waals surface area contributed by atoms with E-state index in [1.165, 1.54) is 0 Å². The zero-order valence-corrected chi connectivity index (χ0v) is 14.7. The molecule has 6 nitrogen and oxygen atoms in total. The molecule has 0 saturated heterocycles. The van der Waals surface area contributed by atoms with Gasteiger partial charge in [-0.3, -0.25) is 9.59 Å². The molecule has 1 aromatic carbocycles. The summed E-state index contributed by atoms with van der Waals surface area (Å²) < 4.78 is 5.30. The van der Waals surface area contributed by atoms with Crippen LogP contribution in [-0.4, -0.2) is 28.2 Å². The summed E-state index contributed by atoms with van der Waals surface area (Å²) in [5, 5.41) is 16.8. The summed E-state index contributed by atoms with van der Waals surface area (Å²) in [7, 11) is 0. The van der Waals surface area contributed by atoms with Crippen LogP contribution < -0.4 is 5.32 Å². The highest BCUT2D eigenvalue weighted by Gasteiger charge is 2.39. The molecule has 26 heavy (non-hydrogen) atoms. The lowest BCUT2D eigenvalue weighted by Gasteiger charge is -2.19. The van der Waals surface area contributed by atoms with Crippen LogP contribution in [0.25, 0.3) is 0 Å². The van der Waals surface area contributed by atoms with Gasteiger partial charge in [-0.2, -0.15) is 0 Å². The van der Waals surface area contributed by atoms with Crippen LogP contribution in [0.4, 0.5) is 0 Å². The molecule has 1 saturated carbocycles. The number of aliphatic carboxylic acids is 1. The third-order valence-corrected chi connectivity index (χ3v) is 5.67. The Morgan fingerprint density at radius 1 is 1.23 bits per heavy atom. The average molecular weight is 354 g/mol. The monoisotopic (exact) mass is 354 g/mol. The highest BCUT2D eigenvalue weighted by Crippen LogP contribution is 2.37. The van der Waals surface area contributed by atoms with E-state index in [0.717, 1.165) is 42.5 Å². The number of aromatic nitrogens is 1. The number of hydrogen-bond donors (Lipinski definition) is 2. The van der Waals surface area contributed by atoms with E-state index in [1.807, 2.05) is 24.3 Å². The Balaban J connectivity index is 1.59. The lowest BCUT2D eigenvalue weighted by atomic mass is 9.96. The van der Waals surface area contributed by atoms with E-state index in [-0.39, 0.29) is 11.8 Å². The molecule has 2 unspecified atom stereocenters. The van der Waals surface area contributed by atoms with E-state index in [2.05, 4.69) is 10.5 Å². The summed E-state index contributed by atoms with van der Waals surface area (Å²) in [6.45, 7) is 1.73. The minimum atomic E-state index is -0.918. The maximum Gasteiger partial charge on any atom is 0.313 e. The van der Waals surface area contributed by atoms with Gasteiger partial charge in [0, 0.05) is 5.92 Å². The molecule has 2 aliphatic rings. The summed E-state index contributed by atoms with van der Waals surface area (Å²) in [4.78, 5) is 24.8. The summed E-state index contributed by atoms with van der Waals surface area (Å²) >= 11 is 0. The SMILES string of the molecule is Cc1onc(C2CCCC2)c1C(=O)NC1Cc2ccccc2C1C(=O)O. The molecular formula is C20H22N2O4. The molecule has 2 atom stereocenters. The lowest BCUT2D eigenvalue weighted by molar-refractivity contribution is -0.139. The van der Waals surface area contributed by atoms with E-state index < -0.39 is 17.9 Å². The van der Waals surface area contributed by atoms with Crippen molar-refractivity contribution in [3.05, 3.63) is 52.4 Å². The van der Waals surface area contributed by atoms with Crippen molar-refractivity contribution < 1.29 is 19.2 Å². The maximum atomic E-state index is 13.0. The summed E-state index contributed by atoms with van der Waals surface area (Å²) in [6, 6.07) is 7.01. The first-order valence-corrected chi connectivity index (χ1v) is 9.14. The van der Waals surface area contributed by atoms with Gasteiger partial charge in [0.1, 0.15) is 17.2 Å². The van der Waals surface area contributed by atoms with Gasteiger partial charge in [0.05, 0.1) is 11.7 Å². The fourth-order valence-corrected chi connectivity index (χ4v) is 4.42. The zero-order valence-electron chi connectivity index (χ0n) is 14.7. The molecular weight excluding hydrogens is 332 g/mol. The Morgan fingerprint density at radius 2 is 1.96 bits per heavy atom. The Hall–Kier alpha value is -2.63. The zero-order chi connectivity index (χ0) is 18.3. The minimum absolute atomic E-state index is 0.254. The molecule has 0 spiro atoms. The number of nitrogens with one attached hydrogen (secondary N) is 1. The van der Waals surface area contributed by atoms with Gasteiger partial charge in [0.25, 0.3) is 5.91 Å². The molecule has 1 fully saturated rings.